The fourth-order valence-electron chi connectivity index (χ4n) is 1.77. The first-order valence-corrected chi connectivity index (χ1v) is 8.72. The van der Waals surface area contributed by atoms with Gasteiger partial charge in [-0.2, -0.15) is 4.31 Å². The van der Waals surface area contributed by atoms with Crippen LogP contribution in [0.1, 0.15) is 13.3 Å². The van der Waals surface area contributed by atoms with Gasteiger partial charge in [-0.25, -0.2) is 8.42 Å². The fourth-order valence-corrected chi connectivity index (χ4v) is 4.25. The first-order chi connectivity index (χ1) is 9.28. The Morgan fingerprint density at radius 3 is 2.40 bits per heavy atom. The number of halogens is 1. The summed E-state index contributed by atoms with van der Waals surface area (Å²) in [6, 6.07) is 4.84. The highest BCUT2D eigenvalue weighted by Gasteiger charge is 2.26. The Labute approximate surface area is 129 Å². The number of nitrogens with two attached hydrogens (primary N) is 1. The average molecular weight is 364 g/mol. The van der Waals surface area contributed by atoms with Crippen molar-refractivity contribution in [3.05, 3.63) is 22.7 Å². The smallest absolute Gasteiger partial charge is 0.244 e. The molecular formula is C13H22BrN3O2S. The molecule has 0 aliphatic rings. The van der Waals surface area contributed by atoms with Gasteiger partial charge < -0.3 is 10.6 Å². The molecule has 0 spiro atoms. The highest BCUT2D eigenvalue weighted by atomic mass is 79.9. The molecule has 114 valence electrons. The van der Waals surface area contributed by atoms with E-state index in [1.54, 1.807) is 12.1 Å². The zero-order valence-electron chi connectivity index (χ0n) is 12.1. The van der Waals surface area contributed by atoms with Crippen LogP contribution in [0.3, 0.4) is 0 Å². The van der Waals surface area contributed by atoms with E-state index in [1.165, 1.54) is 10.4 Å². The normalized spacial score (nSPS) is 12.3. The van der Waals surface area contributed by atoms with Gasteiger partial charge in [0.15, 0.2) is 0 Å². The number of likely N-dealkylation sites (N-methyl/N-ethyl adjacent to an activating group) is 1. The summed E-state index contributed by atoms with van der Waals surface area (Å²) in [4.78, 5) is 2.19. The minimum Gasteiger partial charge on any atom is -0.399 e. The van der Waals surface area contributed by atoms with Crippen molar-refractivity contribution in [1.29, 1.82) is 0 Å². The molecule has 0 aromatic heterocycles. The predicted molar refractivity (Wildman–Crippen MR) is 86.2 cm³/mol. The number of nitrogen functional groups attached to an aromatic ring is 1. The molecule has 0 unspecified atom stereocenters. The molecular weight excluding hydrogens is 342 g/mol. The van der Waals surface area contributed by atoms with Gasteiger partial charge in [0, 0.05) is 29.8 Å². The van der Waals surface area contributed by atoms with Crippen LogP contribution in [0, 0.1) is 0 Å². The Hall–Kier alpha value is -0.630. The fraction of sp³-hybridized carbons (Fsp3) is 0.538. The molecule has 7 heteroatoms. The molecule has 2 N–H and O–H groups in total. The summed E-state index contributed by atoms with van der Waals surface area (Å²) >= 11 is 3.29. The summed E-state index contributed by atoms with van der Waals surface area (Å²) in [5, 5.41) is 0. The van der Waals surface area contributed by atoms with Gasteiger partial charge in [0.25, 0.3) is 0 Å². The second-order valence-corrected chi connectivity index (χ2v) is 7.66. The number of benzene rings is 1. The van der Waals surface area contributed by atoms with Crippen LogP contribution in [0.2, 0.25) is 0 Å². The SMILES string of the molecule is CCCN(CCN(C)C)S(=O)(=O)c1cc(N)ccc1Br. The number of rotatable bonds is 7. The third kappa shape index (κ3) is 4.44. The Morgan fingerprint density at radius 2 is 1.85 bits per heavy atom. The Balaban J connectivity index is 3.12. The quantitative estimate of drug-likeness (QED) is 0.752. The van der Waals surface area contributed by atoms with E-state index in [-0.39, 0.29) is 4.90 Å². The van der Waals surface area contributed by atoms with Crippen molar-refractivity contribution in [3.8, 4) is 0 Å². The third-order valence-electron chi connectivity index (χ3n) is 2.84. The topological polar surface area (TPSA) is 66.6 Å². The van der Waals surface area contributed by atoms with Crippen molar-refractivity contribution >= 4 is 31.6 Å². The number of hydrogen-bond donors (Lipinski definition) is 1. The van der Waals surface area contributed by atoms with E-state index in [0.29, 0.717) is 29.8 Å². The van der Waals surface area contributed by atoms with Gasteiger partial charge in [-0.1, -0.05) is 6.92 Å². The maximum absolute atomic E-state index is 12.7. The van der Waals surface area contributed by atoms with E-state index in [4.69, 9.17) is 5.73 Å². The number of hydrogen-bond acceptors (Lipinski definition) is 4. The minimum absolute atomic E-state index is 0.227. The molecule has 0 fully saturated rings. The van der Waals surface area contributed by atoms with Gasteiger partial charge in [-0.05, 0) is 54.6 Å². The van der Waals surface area contributed by atoms with E-state index in [9.17, 15) is 8.42 Å². The summed E-state index contributed by atoms with van der Waals surface area (Å²) < 4.78 is 27.5. The number of anilines is 1. The van der Waals surface area contributed by atoms with Crippen LogP contribution in [0.15, 0.2) is 27.6 Å². The van der Waals surface area contributed by atoms with Crippen LogP contribution in [0.5, 0.6) is 0 Å². The van der Waals surface area contributed by atoms with Crippen molar-refractivity contribution in [2.24, 2.45) is 0 Å². The zero-order chi connectivity index (χ0) is 15.3. The summed E-state index contributed by atoms with van der Waals surface area (Å²) in [5.41, 5.74) is 6.15. The first-order valence-electron chi connectivity index (χ1n) is 6.49. The van der Waals surface area contributed by atoms with E-state index in [2.05, 4.69) is 15.9 Å². The molecule has 0 heterocycles. The van der Waals surface area contributed by atoms with Crippen LogP contribution in [-0.2, 0) is 10.0 Å². The standard InChI is InChI=1S/C13H22BrN3O2S/c1-4-7-17(9-8-16(2)3)20(18,19)13-10-11(15)5-6-12(13)14/h5-6,10H,4,7-9,15H2,1-3H3. The molecule has 0 aliphatic carbocycles. The van der Waals surface area contributed by atoms with Gasteiger partial charge in [-0.15, -0.1) is 0 Å². The van der Waals surface area contributed by atoms with Gasteiger partial charge in [-0.3, -0.25) is 0 Å². The molecule has 5 nitrogen and oxygen atoms in total. The molecule has 0 aliphatic heterocycles. The van der Waals surface area contributed by atoms with E-state index in [0.717, 1.165) is 6.42 Å². The molecule has 0 amide bonds. The average Bonchev–Trinajstić information content (AvgIpc) is 2.36. The highest BCUT2D eigenvalue weighted by molar-refractivity contribution is 9.10. The van der Waals surface area contributed by atoms with Crippen LogP contribution in [0.25, 0.3) is 0 Å². The first kappa shape index (κ1) is 17.4. The molecule has 1 aromatic carbocycles. The lowest BCUT2D eigenvalue weighted by Gasteiger charge is -2.24. The van der Waals surface area contributed by atoms with Gasteiger partial charge >= 0.3 is 0 Å². The van der Waals surface area contributed by atoms with Crippen molar-refractivity contribution in [1.82, 2.24) is 9.21 Å². The molecule has 0 atom stereocenters. The summed E-state index contributed by atoms with van der Waals surface area (Å²) in [6.45, 7) is 3.60. The maximum atomic E-state index is 12.7. The van der Waals surface area contributed by atoms with Crippen LogP contribution in [-0.4, -0.2) is 51.4 Å². The van der Waals surface area contributed by atoms with Gasteiger partial charge in [0.1, 0.15) is 0 Å². The zero-order valence-corrected chi connectivity index (χ0v) is 14.5. The third-order valence-corrected chi connectivity index (χ3v) is 5.74. The largest absolute Gasteiger partial charge is 0.399 e. The molecule has 0 saturated heterocycles. The molecule has 1 aromatic rings. The molecule has 0 bridgehead atoms. The highest BCUT2D eigenvalue weighted by Crippen LogP contribution is 2.27. The van der Waals surface area contributed by atoms with Crippen LogP contribution in [0.4, 0.5) is 5.69 Å². The van der Waals surface area contributed by atoms with E-state index >= 15 is 0 Å². The Morgan fingerprint density at radius 1 is 1.20 bits per heavy atom. The molecule has 1 rings (SSSR count). The minimum atomic E-state index is -3.53. The maximum Gasteiger partial charge on any atom is 0.244 e. The van der Waals surface area contributed by atoms with Crippen molar-refractivity contribution in [2.45, 2.75) is 18.2 Å². The molecule has 20 heavy (non-hydrogen) atoms. The molecule has 0 radical (unpaired) electrons. The van der Waals surface area contributed by atoms with Crippen molar-refractivity contribution < 1.29 is 8.42 Å². The van der Waals surface area contributed by atoms with E-state index in [1.807, 2.05) is 25.9 Å². The van der Waals surface area contributed by atoms with Crippen molar-refractivity contribution in [3.63, 3.8) is 0 Å². The predicted octanol–water partition coefficient (Wildman–Crippen LogP) is 1.99. The monoisotopic (exact) mass is 363 g/mol. The second kappa shape index (κ2) is 7.40. The van der Waals surface area contributed by atoms with Gasteiger partial charge in [0.2, 0.25) is 10.0 Å². The second-order valence-electron chi connectivity index (χ2n) is 4.90. The lowest BCUT2D eigenvalue weighted by atomic mass is 10.3. The number of sulfonamides is 1. The lowest BCUT2D eigenvalue weighted by Crippen LogP contribution is -2.37. The van der Waals surface area contributed by atoms with Crippen LogP contribution < -0.4 is 5.73 Å². The van der Waals surface area contributed by atoms with Crippen molar-refractivity contribution in [2.75, 3.05) is 39.5 Å². The van der Waals surface area contributed by atoms with E-state index < -0.39 is 10.0 Å². The summed E-state index contributed by atoms with van der Waals surface area (Å²) in [7, 11) is 0.315. The Bertz CT molecular complexity index is 547. The van der Waals surface area contributed by atoms with Gasteiger partial charge in [0.05, 0.1) is 4.90 Å². The molecule has 0 saturated carbocycles. The summed E-state index contributed by atoms with van der Waals surface area (Å²) in [5.74, 6) is 0. The lowest BCUT2D eigenvalue weighted by molar-refractivity contribution is 0.333. The summed E-state index contributed by atoms with van der Waals surface area (Å²) in [6.07, 6.45) is 0.770. The Kier molecular flexibility index (Phi) is 6.44. The van der Waals surface area contributed by atoms with Crippen LogP contribution >= 0.6 is 15.9 Å². The number of nitrogens with zero attached hydrogens (tertiary/aromatic N) is 2.